The Morgan fingerprint density at radius 1 is 1.24 bits per heavy atom. The minimum atomic E-state index is 0. The monoisotopic (exact) mass is 250 g/mol. The first-order valence-corrected chi connectivity index (χ1v) is 5.93. The van der Waals surface area contributed by atoms with Crippen molar-refractivity contribution in [2.24, 2.45) is 0 Å². The highest BCUT2D eigenvalue weighted by molar-refractivity contribution is 5.85. The standard InChI is InChI=1S/C13H14N2O.ClH/c1-7-15-12-3-10-8-2-9(6-14-5-8)11(10)4-13(12)16-7;/h3-4,8-9,14H,2,5-6H2,1H3;1H. The Bertz CT molecular complexity index is 531. The summed E-state index contributed by atoms with van der Waals surface area (Å²) in [6, 6.07) is 4.45. The molecule has 2 atom stereocenters. The molecule has 2 heterocycles. The molecule has 0 spiro atoms. The molecular weight excluding hydrogens is 236 g/mol. The number of halogens is 1. The molecule has 4 rings (SSSR count). The predicted octanol–water partition coefficient (Wildman–Crippen LogP) is 2.73. The van der Waals surface area contributed by atoms with Crippen LogP contribution in [-0.2, 0) is 0 Å². The van der Waals surface area contributed by atoms with Crippen molar-refractivity contribution in [3.63, 3.8) is 0 Å². The van der Waals surface area contributed by atoms with Crippen LogP contribution in [-0.4, -0.2) is 18.1 Å². The summed E-state index contributed by atoms with van der Waals surface area (Å²) in [6.07, 6.45) is 1.30. The number of oxazole rings is 1. The van der Waals surface area contributed by atoms with Gasteiger partial charge in [0.05, 0.1) is 0 Å². The molecule has 90 valence electrons. The molecule has 1 aliphatic heterocycles. The smallest absolute Gasteiger partial charge is 0.192 e. The molecule has 0 saturated carbocycles. The number of nitrogens with zero attached hydrogens (tertiary/aromatic N) is 1. The van der Waals surface area contributed by atoms with E-state index in [1.54, 1.807) is 0 Å². The van der Waals surface area contributed by atoms with Gasteiger partial charge in [-0.25, -0.2) is 4.98 Å². The van der Waals surface area contributed by atoms with Crippen LogP contribution in [0.1, 0.15) is 35.3 Å². The van der Waals surface area contributed by atoms with E-state index in [0.29, 0.717) is 11.8 Å². The lowest BCUT2D eigenvalue weighted by molar-refractivity contribution is 0.453. The van der Waals surface area contributed by atoms with Gasteiger partial charge in [0.1, 0.15) is 5.52 Å². The summed E-state index contributed by atoms with van der Waals surface area (Å²) >= 11 is 0. The van der Waals surface area contributed by atoms with Gasteiger partial charge in [0.25, 0.3) is 0 Å². The molecule has 4 heteroatoms. The molecule has 0 radical (unpaired) electrons. The third-order valence-corrected chi connectivity index (χ3v) is 3.93. The van der Waals surface area contributed by atoms with Gasteiger partial charge in [0.15, 0.2) is 11.5 Å². The molecular formula is C13H15ClN2O. The van der Waals surface area contributed by atoms with Crippen LogP contribution >= 0.6 is 12.4 Å². The minimum absolute atomic E-state index is 0. The number of nitrogens with one attached hydrogen (secondary N) is 1. The molecule has 1 aliphatic carbocycles. The fourth-order valence-electron chi connectivity index (χ4n) is 3.24. The van der Waals surface area contributed by atoms with E-state index in [2.05, 4.69) is 22.4 Å². The van der Waals surface area contributed by atoms with Gasteiger partial charge in [-0.2, -0.15) is 0 Å². The van der Waals surface area contributed by atoms with Crippen molar-refractivity contribution in [3.05, 3.63) is 29.2 Å². The van der Waals surface area contributed by atoms with Gasteiger partial charge in [0.2, 0.25) is 0 Å². The third kappa shape index (κ3) is 1.49. The summed E-state index contributed by atoms with van der Waals surface area (Å²) in [5.74, 6) is 2.14. The molecule has 1 N–H and O–H groups in total. The number of fused-ring (bicyclic) bond motifs is 6. The maximum absolute atomic E-state index is 5.61. The first-order valence-electron chi connectivity index (χ1n) is 5.93. The second-order valence-corrected chi connectivity index (χ2v) is 4.97. The van der Waals surface area contributed by atoms with E-state index in [1.807, 2.05) is 6.92 Å². The summed E-state index contributed by atoms with van der Waals surface area (Å²) in [5.41, 5.74) is 4.95. The number of hydrogen-bond acceptors (Lipinski definition) is 3. The van der Waals surface area contributed by atoms with Gasteiger partial charge in [-0.1, -0.05) is 0 Å². The number of benzene rings is 1. The summed E-state index contributed by atoms with van der Waals surface area (Å²) < 4.78 is 5.61. The second-order valence-electron chi connectivity index (χ2n) is 4.97. The Labute approximate surface area is 106 Å². The van der Waals surface area contributed by atoms with Gasteiger partial charge in [0, 0.05) is 20.0 Å². The van der Waals surface area contributed by atoms with E-state index in [0.717, 1.165) is 30.1 Å². The molecule has 1 fully saturated rings. The van der Waals surface area contributed by atoms with Crippen LogP contribution in [0, 0.1) is 6.92 Å². The Morgan fingerprint density at radius 3 is 2.71 bits per heavy atom. The van der Waals surface area contributed by atoms with Crippen LogP contribution < -0.4 is 5.32 Å². The van der Waals surface area contributed by atoms with Gasteiger partial charge < -0.3 is 9.73 Å². The second kappa shape index (κ2) is 3.72. The zero-order valence-electron chi connectivity index (χ0n) is 9.69. The maximum atomic E-state index is 5.61. The van der Waals surface area contributed by atoms with E-state index < -0.39 is 0 Å². The number of aryl methyl sites for hydroxylation is 1. The molecule has 2 bridgehead atoms. The van der Waals surface area contributed by atoms with Crippen LogP contribution in [0.2, 0.25) is 0 Å². The highest BCUT2D eigenvalue weighted by atomic mass is 35.5. The van der Waals surface area contributed by atoms with Gasteiger partial charge in [-0.05, 0) is 41.5 Å². The lowest BCUT2D eigenvalue weighted by Crippen LogP contribution is -2.28. The lowest BCUT2D eigenvalue weighted by atomic mass is 9.98. The summed E-state index contributed by atoms with van der Waals surface area (Å²) in [5, 5.41) is 3.50. The van der Waals surface area contributed by atoms with E-state index in [1.165, 1.54) is 17.5 Å². The normalized spacial score (nSPS) is 25.7. The lowest BCUT2D eigenvalue weighted by Gasteiger charge is -2.19. The number of piperidine rings is 1. The van der Waals surface area contributed by atoms with Crippen molar-refractivity contribution in [1.82, 2.24) is 10.3 Å². The van der Waals surface area contributed by atoms with E-state index >= 15 is 0 Å². The highest BCUT2D eigenvalue weighted by Gasteiger charge is 2.34. The Balaban J connectivity index is 0.000000902. The molecule has 2 aromatic rings. The first-order chi connectivity index (χ1) is 7.81. The maximum Gasteiger partial charge on any atom is 0.192 e. The summed E-state index contributed by atoms with van der Waals surface area (Å²) in [6.45, 7) is 4.14. The quantitative estimate of drug-likeness (QED) is 0.781. The zero-order chi connectivity index (χ0) is 10.7. The van der Waals surface area contributed by atoms with Crippen LogP contribution in [0.3, 0.4) is 0 Å². The number of aromatic nitrogens is 1. The van der Waals surface area contributed by atoms with Crippen molar-refractivity contribution in [2.75, 3.05) is 13.1 Å². The van der Waals surface area contributed by atoms with E-state index in [4.69, 9.17) is 4.42 Å². The molecule has 2 unspecified atom stereocenters. The Hall–Kier alpha value is -1.06. The van der Waals surface area contributed by atoms with Crippen molar-refractivity contribution in [2.45, 2.75) is 25.2 Å². The van der Waals surface area contributed by atoms with Crippen LogP contribution in [0.4, 0.5) is 0 Å². The largest absolute Gasteiger partial charge is 0.441 e. The Morgan fingerprint density at radius 2 is 1.94 bits per heavy atom. The first kappa shape index (κ1) is 11.1. The number of rotatable bonds is 0. The summed E-state index contributed by atoms with van der Waals surface area (Å²) in [7, 11) is 0. The SMILES string of the molecule is Cc1nc2cc3c(cc2o1)C1CNCC3C1.Cl. The van der Waals surface area contributed by atoms with E-state index in [-0.39, 0.29) is 12.4 Å². The van der Waals surface area contributed by atoms with Crippen molar-refractivity contribution in [3.8, 4) is 0 Å². The molecule has 1 aromatic heterocycles. The molecule has 17 heavy (non-hydrogen) atoms. The fourth-order valence-corrected chi connectivity index (χ4v) is 3.24. The average molecular weight is 251 g/mol. The van der Waals surface area contributed by atoms with Crippen molar-refractivity contribution < 1.29 is 4.42 Å². The van der Waals surface area contributed by atoms with Gasteiger partial charge >= 0.3 is 0 Å². The molecule has 2 aliphatic rings. The zero-order valence-corrected chi connectivity index (χ0v) is 10.5. The van der Waals surface area contributed by atoms with Gasteiger partial charge in [-0.15, -0.1) is 12.4 Å². The fraction of sp³-hybridized carbons (Fsp3) is 0.462. The summed E-state index contributed by atoms with van der Waals surface area (Å²) in [4.78, 5) is 4.42. The van der Waals surface area contributed by atoms with Crippen molar-refractivity contribution in [1.29, 1.82) is 0 Å². The van der Waals surface area contributed by atoms with Gasteiger partial charge in [-0.3, -0.25) is 0 Å². The van der Waals surface area contributed by atoms with Crippen LogP contribution in [0.25, 0.3) is 11.1 Å². The van der Waals surface area contributed by atoms with Crippen LogP contribution in [0.15, 0.2) is 16.5 Å². The van der Waals surface area contributed by atoms with E-state index in [9.17, 15) is 0 Å². The average Bonchev–Trinajstić information content (AvgIpc) is 2.76. The predicted molar refractivity (Wildman–Crippen MR) is 69.0 cm³/mol. The minimum Gasteiger partial charge on any atom is -0.441 e. The molecule has 1 saturated heterocycles. The van der Waals surface area contributed by atoms with Crippen molar-refractivity contribution >= 4 is 23.5 Å². The van der Waals surface area contributed by atoms with Crippen LogP contribution in [0.5, 0.6) is 0 Å². The topological polar surface area (TPSA) is 38.1 Å². The number of hydrogen-bond donors (Lipinski definition) is 1. The molecule has 0 amide bonds. The third-order valence-electron chi connectivity index (χ3n) is 3.93. The molecule has 3 nitrogen and oxygen atoms in total. The highest BCUT2D eigenvalue weighted by Crippen LogP contribution is 2.44. The molecule has 1 aromatic carbocycles. The Kier molecular flexibility index (Phi) is 2.42.